The molecule has 0 rings (SSSR count). The van der Waals surface area contributed by atoms with Gasteiger partial charge in [-0.1, -0.05) is 90.9 Å². The molecule has 162 valence electrons. The van der Waals surface area contributed by atoms with Crippen LogP contribution >= 0.6 is 0 Å². The Balaban J connectivity index is 5.04. The predicted molar refractivity (Wildman–Crippen MR) is 111 cm³/mol. The van der Waals surface area contributed by atoms with E-state index in [-0.39, 0.29) is 5.78 Å². The third-order valence-electron chi connectivity index (χ3n) is 5.44. The summed E-state index contributed by atoms with van der Waals surface area (Å²) in [5, 5.41) is 0. The van der Waals surface area contributed by atoms with Gasteiger partial charge < -0.3 is 4.74 Å². The second kappa shape index (κ2) is 15.4. The minimum atomic E-state index is -1.35. The van der Waals surface area contributed by atoms with Crippen molar-refractivity contribution in [3.8, 4) is 0 Å². The summed E-state index contributed by atoms with van der Waals surface area (Å²) >= 11 is 0. The van der Waals surface area contributed by atoms with Crippen LogP contribution in [0.2, 0.25) is 0 Å². The average Bonchev–Trinajstić information content (AvgIpc) is 2.64. The molecule has 0 fully saturated rings. The summed E-state index contributed by atoms with van der Waals surface area (Å²) < 4.78 is 4.51. The van der Waals surface area contributed by atoms with Crippen LogP contribution in [0.15, 0.2) is 0 Å². The Morgan fingerprint density at radius 3 is 1.39 bits per heavy atom. The molecule has 0 saturated heterocycles. The van der Waals surface area contributed by atoms with Gasteiger partial charge >= 0.3 is 11.9 Å². The van der Waals surface area contributed by atoms with Crippen LogP contribution in [0.5, 0.6) is 0 Å². The van der Waals surface area contributed by atoms with E-state index >= 15 is 0 Å². The summed E-state index contributed by atoms with van der Waals surface area (Å²) in [5.41, 5.74) is -1.35. The average molecular weight is 397 g/mol. The lowest BCUT2D eigenvalue weighted by Gasteiger charge is -2.29. The lowest BCUT2D eigenvalue weighted by atomic mass is 9.71. The fraction of sp³-hybridized carbons (Fsp3) is 0.826. The zero-order chi connectivity index (χ0) is 21.4. The molecule has 0 aromatic carbocycles. The third-order valence-corrected chi connectivity index (χ3v) is 5.44. The number of unbranched alkanes of at least 4 members (excludes halogenated alkanes) is 10. The molecule has 0 aromatic heterocycles. The van der Waals surface area contributed by atoms with E-state index in [9.17, 15) is 19.2 Å². The Morgan fingerprint density at radius 1 is 0.643 bits per heavy atom. The zero-order valence-electron chi connectivity index (χ0n) is 18.4. The molecule has 0 bridgehead atoms. The molecule has 0 aliphatic carbocycles. The molecule has 0 heterocycles. The quantitative estimate of drug-likeness (QED) is 0.136. The van der Waals surface area contributed by atoms with Gasteiger partial charge in [-0.15, -0.1) is 0 Å². The van der Waals surface area contributed by atoms with Crippen LogP contribution < -0.4 is 0 Å². The predicted octanol–water partition coefficient (Wildman–Crippen LogP) is 5.72. The summed E-state index contributed by atoms with van der Waals surface area (Å²) in [5.74, 6) is -3.16. The van der Waals surface area contributed by atoms with Crippen molar-refractivity contribution in [2.45, 2.75) is 118 Å². The monoisotopic (exact) mass is 396 g/mol. The maximum atomic E-state index is 12.8. The molecule has 0 radical (unpaired) electrons. The maximum Gasteiger partial charge on any atom is 0.383 e. The normalized spacial score (nSPS) is 11.3. The number of carbonyl (C=O) groups is 4. The van der Waals surface area contributed by atoms with E-state index in [0.717, 1.165) is 71.1 Å². The van der Waals surface area contributed by atoms with Gasteiger partial charge in [-0.05, 0) is 19.8 Å². The molecule has 5 heteroatoms. The van der Waals surface area contributed by atoms with Gasteiger partial charge in [-0.3, -0.25) is 14.4 Å². The highest BCUT2D eigenvalue weighted by atomic mass is 16.6. The Bertz CT molecular complexity index is 479. The molecule has 0 aromatic rings. The first-order chi connectivity index (χ1) is 13.3. The van der Waals surface area contributed by atoms with Crippen molar-refractivity contribution in [2.75, 3.05) is 0 Å². The minimum Gasteiger partial charge on any atom is -0.387 e. The fourth-order valence-corrected chi connectivity index (χ4v) is 3.65. The summed E-state index contributed by atoms with van der Waals surface area (Å²) in [6.45, 7) is 6.77. The molecular weight excluding hydrogens is 356 g/mol. The molecule has 0 amide bonds. The van der Waals surface area contributed by atoms with E-state index in [1.165, 1.54) is 19.8 Å². The first-order valence-corrected chi connectivity index (χ1v) is 11.1. The molecule has 0 aliphatic rings. The third kappa shape index (κ3) is 10.1. The van der Waals surface area contributed by atoms with Gasteiger partial charge in [0.05, 0.1) is 5.41 Å². The molecule has 0 unspecified atom stereocenters. The van der Waals surface area contributed by atoms with Gasteiger partial charge in [-0.25, -0.2) is 4.79 Å². The van der Waals surface area contributed by atoms with Gasteiger partial charge in [0.15, 0.2) is 0 Å². The minimum absolute atomic E-state index is 0.292. The number of carbonyl (C=O) groups excluding carboxylic acids is 4. The topological polar surface area (TPSA) is 77.5 Å². The van der Waals surface area contributed by atoms with Crippen molar-refractivity contribution >= 4 is 23.5 Å². The van der Waals surface area contributed by atoms with Crippen molar-refractivity contribution in [2.24, 2.45) is 5.41 Å². The van der Waals surface area contributed by atoms with Crippen LogP contribution in [0.3, 0.4) is 0 Å². The summed E-state index contributed by atoms with van der Waals surface area (Å²) in [4.78, 5) is 48.5. The maximum absolute atomic E-state index is 12.8. The number of Topliss-reactive ketones (excluding diaryl/α,β-unsaturated/α-hetero) is 2. The summed E-state index contributed by atoms with van der Waals surface area (Å²) in [6, 6.07) is 0. The van der Waals surface area contributed by atoms with Crippen LogP contribution in [0.1, 0.15) is 118 Å². The Kier molecular flexibility index (Phi) is 14.6. The van der Waals surface area contributed by atoms with E-state index in [1.807, 2.05) is 0 Å². The number of ketones is 2. The van der Waals surface area contributed by atoms with Crippen molar-refractivity contribution < 1.29 is 23.9 Å². The number of hydrogen-bond acceptors (Lipinski definition) is 5. The fourth-order valence-electron chi connectivity index (χ4n) is 3.65. The van der Waals surface area contributed by atoms with Gasteiger partial charge in [0.25, 0.3) is 5.78 Å². The van der Waals surface area contributed by atoms with Crippen molar-refractivity contribution in [1.82, 2.24) is 0 Å². The van der Waals surface area contributed by atoms with E-state index in [2.05, 4.69) is 18.6 Å². The summed E-state index contributed by atoms with van der Waals surface area (Å²) in [6.07, 6.45) is 13.1. The lowest BCUT2D eigenvalue weighted by Crippen LogP contribution is -2.43. The van der Waals surface area contributed by atoms with Crippen LogP contribution in [-0.4, -0.2) is 23.5 Å². The molecule has 0 N–H and O–H groups in total. The smallest absolute Gasteiger partial charge is 0.383 e. The highest BCUT2D eigenvalue weighted by Gasteiger charge is 2.46. The summed E-state index contributed by atoms with van der Waals surface area (Å²) in [7, 11) is 0. The molecule has 5 nitrogen and oxygen atoms in total. The Labute approximate surface area is 171 Å². The molecule has 0 saturated carbocycles. The van der Waals surface area contributed by atoms with E-state index in [0.29, 0.717) is 12.8 Å². The van der Waals surface area contributed by atoms with Gasteiger partial charge in [-0.2, -0.15) is 0 Å². The largest absolute Gasteiger partial charge is 0.387 e. The van der Waals surface area contributed by atoms with Gasteiger partial charge in [0, 0.05) is 6.92 Å². The number of hydrogen-bond donors (Lipinski definition) is 0. The molecule has 0 aliphatic heterocycles. The van der Waals surface area contributed by atoms with Crippen LogP contribution in [0.4, 0.5) is 0 Å². The molecule has 0 spiro atoms. The molecular formula is C23H40O5. The van der Waals surface area contributed by atoms with Crippen molar-refractivity contribution in [1.29, 1.82) is 0 Å². The van der Waals surface area contributed by atoms with Crippen LogP contribution in [-0.2, 0) is 23.9 Å². The van der Waals surface area contributed by atoms with Crippen molar-refractivity contribution in [3.05, 3.63) is 0 Å². The Hall–Kier alpha value is -1.52. The number of rotatable bonds is 17. The highest BCUT2D eigenvalue weighted by molar-refractivity contribution is 6.41. The van der Waals surface area contributed by atoms with Gasteiger partial charge in [0.1, 0.15) is 5.78 Å². The molecule has 0 atom stereocenters. The standard InChI is InChI=1S/C23H40O5/c1-5-7-9-11-13-15-17-23(19(3)24,18-16-14-12-10-8-6-2)21(26)22(27)28-20(4)25/h5-18H2,1-4H3. The lowest BCUT2D eigenvalue weighted by molar-refractivity contribution is -0.168. The first kappa shape index (κ1) is 26.5. The zero-order valence-corrected chi connectivity index (χ0v) is 18.4. The Morgan fingerprint density at radius 2 is 1.04 bits per heavy atom. The molecule has 28 heavy (non-hydrogen) atoms. The van der Waals surface area contributed by atoms with Crippen molar-refractivity contribution in [3.63, 3.8) is 0 Å². The van der Waals surface area contributed by atoms with Crippen LogP contribution in [0, 0.1) is 5.41 Å². The van der Waals surface area contributed by atoms with E-state index < -0.39 is 23.1 Å². The second-order valence-electron chi connectivity index (χ2n) is 7.88. The second-order valence-corrected chi connectivity index (χ2v) is 7.88. The highest BCUT2D eigenvalue weighted by Crippen LogP contribution is 2.35. The SMILES string of the molecule is CCCCCCCCC(CCCCCCCC)(C(C)=O)C(=O)C(=O)OC(C)=O. The van der Waals surface area contributed by atoms with E-state index in [1.54, 1.807) is 0 Å². The number of ether oxygens (including phenoxy) is 1. The van der Waals surface area contributed by atoms with E-state index in [4.69, 9.17) is 0 Å². The first-order valence-electron chi connectivity index (χ1n) is 11.1. The number of esters is 2. The van der Waals surface area contributed by atoms with Gasteiger partial charge in [0.2, 0.25) is 0 Å². The van der Waals surface area contributed by atoms with Crippen LogP contribution in [0.25, 0.3) is 0 Å².